The standard InChI is InChI=1S/C23H30N2O4/c1-5-6-16-15-8-7-14(27-3)9-20(15)25-22(16)21-10-17-18(11-24-21)13(2)29-12-19(17)23(26)28-4/h7-9,12-13,17-18,21,24-25H,5-6,10-11H2,1-4H3/t13-,17-,18+,21-/m0/s1. The van der Waals surface area contributed by atoms with Gasteiger partial charge in [-0.1, -0.05) is 13.3 Å². The lowest BCUT2D eigenvalue weighted by Gasteiger charge is -2.42. The highest BCUT2D eigenvalue weighted by molar-refractivity contribution is 5.89. The Bertz CT molecular complexity index is 932. The van der Waals surface area contributed by atoms with Crippen molar-refractivity contribution >= 4 is 16.9 Å². The molecule has 2 aromatic rings. The van der Waals surface area contributed by atoms with Crippen LogP contribution in [-0.2, 0) is 20.7 Å². The first-order valence-corrected chi connectivity index (χ1v) is 10.4. The van der Waals surface area contributed by atoms with Gasteiger partial charge in [0.1, 0.15) is 5.75 Å². The molecule has 0 unspecified atom stereocenters. The van der Waals surface area contributed by atoms with Crippen molar-refractivity contribution in [2.75, 3.05) is 20.8 Å². The number of methoxy groups -OCH3 is 2. The van der Waals surface area contributed by atoms with Gasteiger partial charge in [-0.2, -0.15) is 0 Å². The summed E-state index contributed by atoms with van der Waals surface area (Å²) >= 11 is 0. The van der Waals surface area contributed by atoms with Crippen molar-refractivity contribution in [3.8, 4) is 5.75 Å². The molecule has 6 heteroatoms. The minimum absolute atomic E-state index is 0.0731. The zero-order valence-electron chi connectivity index (χ0n) is 17.6. The van der Waals surface area contributed by atoms with E-state index < -0.39 is 0 Å². The van der Waals surface area contributed by atoms with Gasteiger partial charge in [0.05, 0.1) is 32.2 Å². The molecule has 4 atom stereocenters. The molecule has 0 spiro atoms. The molecule has 0 radical (unpaired) electrons. The van der Waals surface area contributed by atoms with Crippen molar-refractivity contribution in [3.63, 3.8) is 0 Å². The molecule has 0 amide bonds. The van der Waals surface area contributed by atoms with Gasteiger partial charge in [0.2, 0.25) is 0 Å². The fourth-order valence-corrected chi connectivity index (χ4v) is 4.89. The van der Waals surface area contributed by atoms with Gasteiger partial charge in [-0.15, -0.1) is 0 Å². The largest absolute Gasteiger partial charge is 0.497 e. The summed E-state index contributed by atoms with van der Waals surface area (Å²) in [5.74, 6) is 0.930. The van der Waals surface area contributed by atoms with E-state index in [2.05, 4.69) is 36.3 Å². The van der Waals surface area contributed by atoms with Crippen LogP contribution in [0.4, 0.5) is 0 Å². The molecule has 4 rings (SSSR count). The molecule has 1 aromatic heterocycles. The Balaban J connectivity index is 1.70. The third-order valence-corrected chi connectivity index (χ3v) is 6.43. The number of piperidine rings is 1. The number of hydrogen-bond donors (Lipinski definition) is 2. The van der Waals surface area contributed by atoms with Crippen LogP contribution in [0.3, 0.4) is 0 Å². The van der Waals surface area contributed by atoms with E-state index in [0.29, 0.717) is 5.57 Å². The topological polar surface area (TPSA) is 72.6 Å². The number of esters is 1. The van der Waals surface area contributed by atoms with Crippen LogP contribution < -0.4 is 10.1 Å². The van der Waals surface area contributed by atoms with Gasteiger partial charge in [-0.05, 0) is 37.5 Å². The van der Waals surface area contributed by atoms with Crippen molar-refractivity contribution in [2.24, 2.45) is 11.8 Å². The normalized spacial score (nSPS) is 26.4. The maximum absolute atomic E-state index is 12.3. The van der Waals surface area contributed by atoms with E-state index in [1.807, 2.05) is 6.07 Å². The van der Waals surface area contributed by atoms with Gasteiger partial charge in [-0.25, -0.2) is 4.79 Å². The molecule has 1 fully saturated rings. The van der Waals surface area contributed by atoms with E-state index in [4.69, 9.17) is 14.2 Å². The van der Waals surface area contributed by atoms with E-state index in [0.717, 1.165) is 37.1 Å². The summed E-state index contributed by atoms with van der Waals surface area (Å²) < 4.78 is 16.2. The number of benzene rings is 1. The highest BCUT2D eigenvalue weighted by atomic mass is 16.5. The van der Waals surface area contributed by atoms with Crippen LogP contribution in [0.25, 0.3) is 10.9 Å². The average molecular weight is 399 g/mol. The third kappa shape index (κ3) is 3.50. The van der Waals surface area contributed by atoms with E-state index in [-0.39, 0.29) is 30.0 Å². The molecule has 0 bridgehead atoms. The minimum Gasteiger partial charge on any atom is -0.497 e. The molecule has 2 aliphatic heterocycles. The average Bonchev–Trinajstić information content (AvgIpc) is 3.11. The summed E-state index contributed by atoms with van der Waals surface area (Å²) in [6.07, 6.45) is 4.60. The van der Waals surface area contributed by atoms with Gasteiger partial charge in [0.15, 0.2) is 0 Å². The Kier molecular flexibility index (Phi) is 5.54. The van der Waals surface area contributed by atoms with Gasteiger partial charge >= 0.3 is 5.97 Å². The molecule has 1 saturated heterocycles. The van der Waals surface area contributed by atoms with Crippen LogP contribution in [0, 0.1) is 11.8 Å². The second-order valence-corrected chi connectivity index (χ2v) is 8.05. The van der Waals surface area contributed by atoms with Crippen molar-refractivity contribution in [1.82, 2.24) is 10.3 Å². The van der Waals surface area contributed by atoms with Crippen LogP contribution in [-0.4, -0.2) is 37.8 Å². The van der Waals surface area contributed by atoms with Gasteiger partial charge in [-0.3, -0.25) is 0 Å². The summed E-state index contributed by atoms with van der Waals surface area (Å²) in [6.45, 7) is 5.08. The number of hydrogen-bond acceptors (Lipinski definition) is 5. The Labute approximate surface area is 171 Å². The molecule has 1 aromatic carbocycles. The first-order valence-electron chi connectivity index (χ1n) is 10.4. The van der Waals surface area contributed by atoms with E-state index >= 15 is 0 Å². The van der Waals surface area contributed by atoms with Gasteiger partial charge in [0.25, 0.3) is 0 Å². The van der Waals surface area contributed by atoms with E-state index in [9.17, 15) is 4.79 Å². The van der Waals surface area contributed by atoms with E-state index in [1.54, 1.807) is 13.4 Å². The number of nitrogens with one attached hydrogen (secondary N) is 2. The molecule has 2 aliphatic rings. The molecule has 0 saturated carbocycles. The summed E-state index contributed by atoms with van der Waals surface area (Å²) in [6, 6.07) is 6.36. The number of aryl methyl sites for hydroxylation is 1. The third-order valence-electron chi connectivity index (χ3n) is 6.43. The fourth-order valence-electron chi connectivity index (χ4n) is 4.89. The zero-order valence-corrected chi connectivity index (χ0v) is 17.6. The number of ether oxygens (including phenoxy) is 3. The highest BCUT2D eigenvalue weighted by Crippen LogP contribution is 2.42. The number of aromatic amines is 1. The molecule has 29 heavy (non-hydrogen) atoms. The van der Waals surface area contributed by atoms with Crippen molar-refractivity contribution < 1.29 is 19.0 Å². The Morgan fingerprint density at radius 1 is 1.31 bits per heavy atom. The predicted molar refractivity (Wildman–Crippen MR) is 112 cm³/mol. The first kappa shape index (κ1) is 19.8. The maximum atomic E-state index is 12.3. The molecule has 156 valence electrons. The second kappa shape index (κ2) is 8.11. The van der Waals surface area contributed by atoms with Crippen LogP contribution >= 0.6 is 0 Å². The van der Waals surface area contributed by atoms with Crippen molar-refractivity contribution in [2.45, 2.75) is 45.3 Å². The van der Waals surface area contributed by atoms with Gasteiger partial charge in [0, 0.05) is 47.1 Å². The summed E-state index contributed by atoms with van der Waals surface area (Å²) in [5.41, 5.74) is 4.31. The Morgan fingerprint density at radius 3 is 2.86 bits per heavy atom. The molecule has 6 nitrogen and oxygen atoms in total. The van der Waals surface area contributed by atoms with Crippen LogP contribution in [0.5, 0.6) is 5.75 Å². The zero-order chi connectivity index (χ0) is 20.5. The SMILES string of the molecule is CCCc1c([C@@H]2C[C@@H]3C(C(=O)OC)=CO[C@@H](C)[C@H]3CN2)[nH]c2cc(OC)ccc12. The molecule has 0 aliphatic carbocycles. The number of H-pyrrole nitrogens is 1. The quantitative estimate of drug-likeness (QED) is 0.748. The first-order chi connectivity index (χ1) is 14.1. The van der Waals surface area contributed by atoms with Crippen molar-refractivity contribution in [1.29, 1.82) is 0 Å². The summed E-state index contributed by atoms with van der Waals surface area (Å²) in [5, 5.41) is 4.96. The predicted octanol–water partition coefficient (Wildman–Crippen LogP) is 3.87. The number of rotatable bonds is 5. The van der Waals surface area contributed by atoms with E-state index in [1.165, 1.54) is 23.8 Å². The molecular weight excluding hydrogens is 368 g/mol. The summed E-state index contributed by atoms with van der Waals surface area (Å²) in [7, 11) is 3.12. The lowest BCUT2D eigenvalue weighted by Crippen LogP contribution is -2.47. The maximum Gasteiger partial charge on any atom is 0.337 e. The monoisotopic (exact) mass is 398 g/mol. The Morgan fingerprint density at radius 2 is 2.14 bits per heavy atom. The van der Waals surface area contributed by atoms with Crippen LogP contribution in [0.1, 0.15) is 44.0 Å². The summed E-state index contributed by atoms with van der Waals surface area (Å²) in [4.78, 5) is 16.0. The number of fused-ring (bicyclic) bond motifs is 2. The fraction of sp³-hybridized carbons (Fsp3) is 0.522. The Hall–Kier alpha value is -2.47. The van der Waals surface area contributed by atoms with Crippen LogP contribution in [0.15, 0.2) is 30.0 Å². The van der Waals surface area contributed by atoms with Gasteiger partial charge < -0.3 is 24.5 Å². The number of aromatic nitrogens is 1. The highest BCUT2D eigenvalue weighted by Gasteiger charge is 2.42. The molecular formula is C23H30N2O4. The lowest BCUT2D eigenvalue weighted by atomic mass is 9.74. The van der Waals surface area contributed by atoms with Crippen LogP contribution in [0.2, 0.25) is 0 Å². The number of carbonyl (C=O) groups is 1. The smallest absolute Gasteiger partial charge is 0.337 e. The number of carbonyl (C=O) groups excluding carboxylic acids is 1. The van der Waals surface area contributed by atoms with Crippen molar-refractivity contribution in [3.05, 3.63) is 41.3 Å². The lowest BCUT2D eigenvalue weighted by molar-refractivity contribution is -0.138. The second-order valence-electron chi connectivity index (χ2n) is 8.05. The molecule has 3 heterocycles. The molecule has 2 N–H and O–H groups in total. The minimum atomic E-state index is -0.289.